The van der Waals surface area contributed by atoms with Crippen LogP contribution in [-0.2, 0) is 13.1 Å². The van der Waals surface area contributed by atoms with Crippen molar-refractivity contribution in [3.05, 3.63) is 47.5 Å². The molecular weight excluding hydrogens is 232 g/mol. The van der Waals surface area contributed by atoms with Gasteiger partial charge in [0.2, 0.25) is 0 Å². The Morgan fingerprint density at radius 3 is 2.63 bits per heavy atom. The highest BCUT2D eigenvalue weighted by Gasteiger charge is 2.09. The van der Waals surface area contributed by atoms with Crippen molar-refractivity contribution in [1.82, 2.24) is 10.2 Å². The van der Waals surface area contributed by atoms with E-state index in [9.17, 15) is 0 Å². The maximum Gasteiger partial charge on any atom is 0.0240 e. The summed E-state index contributed by atoms with van der Waals surface area (Å²) >= 11 is 0. The van der Waals surface area contributed by atoms with E-state index < -0.39 is 0 Å². The van der Waals surface area contributed by atoms with Gasteiger partial charge >= 0.3 is 0 Å². The van der Waals surface area contributed by atoms with Crippen LogP contribution in [0.4, 0.5) is 0 Å². The molecule has 0 saturated heterocycles. The Balaban J connectivity index is 1.93. The third-order valence-electron chi connectivity index (χ3n) is 3.52. The molecule has 2 rings (SSSR count). The van der Waals surface area contributed by atoms with Crippen LogP contribution in [-0.4, -0.2) is 24.5 Å². The molecule has 0 spiro atoms. The smallest absolute Gasteiger partial charge is 0.0240 e. The Hall–Kier alpha value is -1.12. The summed E-state index contributed by atoms with van der Waals surface area (Å²) in [4.78, 5) is 2.52. The van der Waals surface area contributed by atoms with Gasteiger partial charge in [0.1, 0.15) is 0 Å². The molecule has 1 aliphatic heterocycles. The minimum Gasteiger partial charge on any atom is -0.312 e. The molecule has 2 heteroatoms. The van der Waals surface area contributed by atoms with E-state index in [-0.39, 0.29) is 0 Å². The molecule has 1 heterocycles. The van der Waals surface area contributed by atoms with Gasteiger partial charge in [0.05, 0.1) is 0 Å². The molecule has 0 amide bonds. The summed E-state index contributed by atoms with van der Waals surface area (Å²) < 4.78 is 0. The summed E-state index contributed by atoms with van der Waals surface area (Å²) in [5.74, 6) is 0.708. The fraction of sp³-hybridized carbons (Fsp3) is 0.529. The average molecular weight is 258 g/mol. The lowest BCUT2D eigenvalue weighted by Crippen LogP contribution is -2.27. The number of benzene rings is 1. The second-order valence-corrected chi connectivity index (χ2v) is 5.79. The lowest BCUT2D eigenvalue weighted by Gasteiger charge is -2.24. The Bertz CT molecular complexity index is 409. The van der Waals surface area contributed by atoms with Crippen molar-refractivity contribution >= 4 is 0 Å². The van der Waals surface area contributed by atoms with Gasteiger partial charge in [-0.1, -0.05) is 50.3 Å². The molecule has 2 nitrogen and oxygen atoms in total. The first-order valence-corrected chi connectivity index (χ1v) is 7.40. The second-order valence-electron chi connectivity index (χ2n) is 5.79. The molecule has 0 atom stereocenters. The van der Waals surface area contributed by atoms with Crippen molar-refractivity contribution in [2.75, 3.05) is 19.6 Å². The summed E-state index contributed by atoms with van der Waals surface area (Å²) in [6, 6.07) is 8.82. The van der Waals surface area contributed by atoms with Crippen LogP contribution in [0.5, 0.6) is 0 Å². The van der Waals surface area contributed by atoms with Gasteiger partial charge in [-0.15, -0.1) is 0 Å². The van der Waals surface area contributed by atoms with E-state index in [0.29, 0.717) is 5.92 Å². The molecule has 0 saturated carbocycles. The Kier molecular flexibility index (Phi) is 5.62. The lowest BCUT2D eigenvalue weighted by atomic mass is 10.1. The molecule has 1 aromatic rings. The summed E-state index contributed by atoms with van der Waals surface area (Å²) in [5, 5.41) is 3.55. The summed E-state index contributed by atoms with van der Waals surface area (Å²) in [5.41, 5.74) is 2.91. The topological polar surface area (TPSA) is 15.3 Å². The molecule has 19 heavy (non-hydrogen) atoms. The molecule has 0 fully saturated rings. The number of nitrogens with one attached hydrogen (secondary N) is 1. The average Bonchev–Trinajstić information content (AvgIpc) is 2.41. The monoisotopic (exact) mass is 258 g/mol. The van der Waals surface area contributed by atoms with Gasteiger partial charge in [-0.3, -0.25) is 4.90 Å². The van der Waals surface area contributed by atoms with E-state index in [4.69, 9.17) is 0 Å². The van der Waals surface area contributed by atoms with Gasteiger partial charge < -0.3 is 5.32 Å². The van der Waals surface area contributed by atoms with E-state index in [0.717, 1.165) is 26.2 Å². The predicted molar refractivity (Wildman–Crippen MR) is 82.0 cm³/mol. The minimum absolute atomic E-state index is 0.708. The van der Waals surface area contributed by atoms with Crippen LogP contribution in [0, 0.1) is 5.92 Å². The largest absolute Gasteiger partial charge is 0.312 e. The molecular formula is C17H26N2. The van der Waals surface area contributed by atoms with Gasteiger partial charge in [-0.25, -0.2) is 0 Å². The zero-order valence-corrected chi connectivity index (χ0v) is 12.2. The van der Waals surface area contributed by atoms with Gasteiger partial charge in [0.25, 0.3) is 0 Å². The SMILES string of the molecule is CC(C)CNCc1ccccc1CN1CC=CCC1. The summed E-state index contributed by atoms with van der Waals surface area (Å²) in [7, 11) is 0. The maximum atomic E-state index is 3.55. The first-order chi connectivity index (χ1) is 9.25. The number of hydrogen-bond donors (Lipinski definition) is 1. The highest BCUT2D eigenvalue weighted by molar-refractivity contribution is 5.27. The predicted octanol–water partition coefficient (Wildman–Crippen LogP) is 3.19. The van der Waals surface area contributed by atoms with Crippen molar-refractivity contribution < 1.29 is 0 Å². The third-order valence-corrected chi connectivity index (χ3v) is 3.52. The minimum atomic E-state index is 0.708. The zero-order chi connectivity index (χ0) is 13.5. The third kappa shape index (κ3) is 4.81. The maximum absolute atomic E-state index is 3.55. The Labute approximate surface area is 117 Å². The highest BCUT2D eigenvalue weighted by Crippen LogP contribution is 2.13. The van der Waals surface area contributed by atoms with Crippen LogP contribution < -0.4 is 5.32 Å². The van der Waals surface area contributed by atoms with E-state index in [1.54, 1.807) is 0 Å². The molecule has 1 aliphatic rings. The van der Waals surface area contributed by atoms with Gasteiger partial charge in [-0.2, -0.15) is 0 Å². The van der Waals surface area contributed by atoms with E-state index >= 15 is 0 Å². The van der Waals surface area contributed by atoms with Crippen LogP contribution in [0.25, 0.3) is 0 Å². The zero-order valence-electron chi connectivity index (χ0n) is 12.2. The molecule has 0 bridgehead atoms. The normalized spacial score (nSPS) is 16.2. The second kappa shape index (κ2) is 7.46. The summed E-state index contributed by atoms with van der Waals surface area (Å²) in [6.45, 7) is 9.92. The quantitative estimate of drug-likeness (QED) is 0.788. The van der Waals surface area contributed by atoms with Crippen molar-refractivity contribution in [2.45, 2.75) is 33.4 Å². The van der Waals surface area contributed by atoms with Crippen LogP contribution in [0.2, 0.25) is 0 Å². The Morgan fingerprint density at radius 2 is 1.95 bits per heavy atom. The van der Waals surface area contributed by atoms with E-state index in [1.165, 1.54) is 24.1 Å². The highest BCUT2D eigenvalue weighted by atomic mass is 15.1. The fourth-order valence-electron chi connectivity index (χ4n) is 2.45. The number of rotatable bonds is 6. The molecule has 1 aromatic carbocycles. The van der Waals surface area contributed by atoms with Crippen molar-refractivity contribution in [3.8, 4) is 0 Å². The van der Waals surface area contributed by atoms with E-state index in [1.807, 2.05) is 0 Å². The standard InChI is InChI=1S/C17H26N2/c1-15(2)12-18-13-16-8-4-5-9-17(16)14-19-10-6-3-7-11-19/h3-6,8-9,15,18H,7,10-14H2,1-2H3. The van der Waals surface area contributed by atoms with E-state index in [2.05, 4.69) is 60.5 Å². The van der Waals surface area contributed by atoms with Crippen molar-refractivity contribution in [2.24, 2.45) is 5.92 Å². The van der Waals surface area contributed by atoms with Crippen molar-refractivity contribution in [3.63, 3.8) is 0 Å². The van der Waals surface area contributed by atoms with Crippen LogP contribution >= 0.6 is 0 Å². The molecule has 0 radical (unpaired) electrons. The number of hydrogen-bond acceptors (Lipinski definition) is 2. The fourth-order valence-corrected chi connectivity index (χ4v) is 2.45. The Morgan fingerprint density at radius 1 is 1.16 bits per heavy atom. The van der Waals surface area contributed by atoms with Crippen LogP contribution in [0.1, 0.15) is 31.4 Å². The molecule has 104 valence electrons. The molecule has 0 aromatic heterocycles. The lowest BCUT2D eigenvalue weighted by molar-refractivity contribution is 0.289. The van der Waals surface area contributed by atoms with Gasteiger partial charge in [0, 0.05) is 26.2 Å². The molecule has 0 aliphatic carbocycles. The summed E-state index contributed by atoms with van der Waals surface area (Å²) in [6.07, 6.45) is 5.75. The number of nitrogens with zero attached hydrogens (tertiary/aromatic N) is 1. The molecule has 1 N–H and O–H groups in total. The van der Waals surface area contributed by atoms with Gasteiger partial charge in [0.15, 0.2) is 0 Å². The molecule has 0 unspecified atom stereocenters. The van der Waals surface area contributed by atoms with Crippen molar-refractivity contribution in [1.29, 1.82) is 0 Å². The first-order valence-electron chi connectivity index (χ1n) is 7.40. The van der Waals surface area contributed by atoms with Crippen LogP contribution in [0.3, 0.4) is 0 Å². The van der Waals surface area contributed by atoms with Crippen LogP contribution in [0.15, 0.2) is 36.4 Å². The first kappa shape index (κ1) is 14.3. The van der Waals surface area contributed by atoms with Gasteiger partial charge in [-0.05, 0) is 30.0 Å².